The molecule has 1 aromatic heterocycles. The first-order valence-electron chi connectivity index (χ1n) is 7.05. The topological polar surface area (TPSA) is 42.2 Å². The van der Waals surface area contributed by atoms with E-state index in [0.29, 0.717) is 24.7 Å². The predicted octanol–water partition coefficient (Wildman–Crippen LogP) is 3.36. The zero-order chi connectivity index (χ0) is 14.8. The number of aryl methyl sites for hydroxylation is 1. The van der Waals surface area contributed by atoms with Gasteiger partial charge in [0.05, 0.1) is 12.0 Å². The fourth-order valence-corrected chi connectivity index (χ4v) is 2.54. The van der Waals surface area contributed by atoms with Gasteiger partial charge in [-0.25, -0.2) is 0 Å². The van der Waals surface area contributed by atoms with Crippen molar-refractivity contribution >= 4 is 0 Å². The Kier molecular flexibility index (Phi) is 4.67. The van der Waals surface area contributed by atoms with Crippen LogP contribution < -0.4 is 0 Å². The van der Waals surface area contributed by atoms with Gasteiger partial charge in [0.1, 0.15) is 0 Å². The van der Waals surface area contributed by atoms with Gasteiger partial charge in [0.25, 0.3) is 0 Å². The summed E-state index contributed by atoms with van der Waals surface area (Å²) in [6.07, 6.45) is -1.74. The number of halogens is 3. The predicted molar refractivity (Wildman–Crippen MR) is 67.1 cm³/mol. The number of hydrogen-bond donors (Lipinski definition) is 0. The first-order chi connectivity index (χ1) is 9.41. The van der Waals surface area contributed by atoms with E-state index in [1.165, 1.54) is 0 Å². The van der Waals surface area contributed by atoms with Crippen molar-refractivity contribution in [2.45, 2.75) is 51.7 Å². The fraction of sp³-hybridized carbons (Fsp3) is 0.846. The Bertz CT molecular complexity index is 433. The van der Waals surface area contributed by atoms with E-state index < -0.39 is 12.1 Å². The van der Waals surface area contributed by atoms with E-state index in [0.717, 1.165) is 12.8 Å². The highest BCUT2D eigenvalue weighted by Crippen LogP contribution is 2.35. The van der Waals surface area contributed by atoms with Crippen molar-refractivity contribution < 1.29 is 17.7 Å². The number of hydrogen-bond acceptors (Lipinski definition) is 4. The zero-order valence-electron chi connectivity index (χ0n) is 11.8. The third-order valence-corrected chi connectivity index (χ3v) is 3.78. The molecule has 1 fully saturated rings. The number of rotatable bonds is 4. The Morgan fingerprint density at radius 2 is 2.20 bits per heavy atom. The van der Waals surface area contributed by atoms with Gasteiger partial charge in [-0.05, 0) is 32.7 Å². The van der Waals surface area contributed by atoms with E-state index >= 15 is 0 Å². The Morgan fingerprint density at radius 3 is 2.85 bits per heavy atom. The molecule has 0 radical (unpaired) electrons. The molecule has 0 N–H and O–H groups in total. The van der Waals surface area contributed by atoms with Gasteiger partial charge in [0.2, 0.25) is 5.89 Å². The maximum Gasteiger partial charge on any atom is 0.393 e. The molecule has 0 bridgehead atoms. The molecular weight excluding hydrogens is 271 g/mol. The molecule has 0 saturated carbocycles. The summed E-state index contributed by atoms with van der Waals surface area (Å²) < 4.78 is 43.6. The highest BCUT2D eigenvalue weighted by molar-refractivity contribution is 4.94. The minimum Gasteiger partial charge on any atom is -0.338 e. The van der Waals surface area contributed by atoms with E-state index in [9.17, 15) is 13.2 Å². The van der Waals surface area contributed by atoms with Crippen LogP contribution in [0.25, 0.3) is 0 Å². The van der Waals surface area contributed by atoms with Crippen LogP contribution in [0.1, 0.15) is 50.9 Å². The first kappa shape index (κ1) is 15.3. The Balaban J connectivity index is 2.02. The summed E-state index contributed by atoms with van der Waals surface area (Å²) in [7, 11) is 0. The van der Waals surface area contributed by atoms with Gasteiger partial charge >= 0.3 is 6.18 Å². The summed E-state index contributed by atoms with van der Waals surface area (Å²) in [5, 5.41) is 3.85. The van der Waals surface area contributed by atoms with Crippen LogP contribution in [-0.2, 0) is 6.42 Å². The van der Waals surface area contributed by atoms with Gasteiger partial charge in [0, 0.05) is 13.0 Å². The van der Waals surface area contributed by atoms with Crippen LogP contribution in [0.5, 0.6) is 0 Å². The quantitative estimate of drug-likeness (QED) is 0.853. The first-order valence-corrected chi connectivity index (χ1v) is 7.05. The molecule has 114 valence electrons. The molecule has 20 heavy (non-hydrogen) atoms. The largest absolute Gasteiger partial charge is 0.393 e. The molecule has 0 amide bonds. The summed E-state index contributed by atoms with van der Waals surface area (Å²) in [6, 6.07) is -0.266. The normalized spacial score (nSPS) is 22.9. The molecule has 4 nitrogen and oxygen atoms in total. The van der Waals surface area contributed by atoms with Crippen LogP contribution in [0.15, 0.2) is 4.52 Å². The maximum atomic E-state index is 12.8. The standard InChI is InChI=1S/C13H20F3N3O/c1-3-5-11-17-12(20-18-11)9(2)19-7-4-6-10(8-19)13(14,15)16/h9-10H,3-8H2,1-2H3/t9-,10-/m1/s1. The molecule has 0 aromatic carbocycles. The van der Waals surface area contributed by atoms with Crippen LogP contribution in [0, 0.1) is 5.92 Å². The van der Waals surface area contributed by atoms with Gasteiger partial charge in [-0.2, -0.15) is 18.2 Å². The number of alkyl halides is 3. The average Bonchev–Trinajstić information content (AvgIpc) is 2.86. The Morgan fingerprint density at radius 1 is 1.45 bits per heavy atom. The Hall–Kier alpha value is -1.11. The Labute approximate surface area is 116 Å². The van der Waals surface area contributed by atoms with Gasteiger partial charge in [0.15, 0.2) is 5.82 Å². The van der Waals surface area contributed by atoms with Gasteiger partial charge in [-0.15, -0.1) is 0 Å². The molecular formula is C13H20F3N3O. The van der Waals surface area contributed by atoms with Gasteiger partial charge < -0.3 is 4.52 Å². The van der Waals surface area contributed by atoms with E-state index in [2.05, 4.69) is 10.1 Å². The molecule has 0 spiro atoms. The second kappa shape index (κ2) is 6.11. The minimum absolute atomic E-state index is 0.0101. The number of aromatic nitrogens is 2. The third kappa shape index (κ3) is 3.50. The molecule has 1 aliphatic rings. The highest BCUT2D eigenvalue weighted by atomic mass is 19.4. The molecule has 0 aliphatic carbocycles. The van der Waals surface area contributed by atoms with Crippen LogP contribution in [-0.4, -0.2) is 34.3 Å². The van der Waals surface area contributed by atoms with E-state index in [1.807, 2.05) is 13.8 Å². The third-order valence-electron chi connectivity index (χ3n) is 3.78. The van der Waals surface area contributed by atoms with E-state index in [1.54, 1.807) is 4.90 Å². The second-order valence-corrected chi connectivity index (χ2v) is 5.35. The van der Waals surface area contributed by atoms with Gasteiger partial charge in [-0.3, -0.25) is 4.90 Å². The monoisotopic (exact) mass is 291 g/mol. The summed E-state index contributed by atoms with van der Waals surface area (Å²) in [4.78, 5) is 6.04. The molecule has 7 heteroatoms. The van der Waals surface area contributed by atoms with Crippen molar-refractivity contribution in [2.75, 3.05) is 13.1 Å². The fourth-order valence-electron chi connectivity index (χ4n) is 2.54. The number of nitrogens with zero attached hydrogens (tertiary/aromatic N) is 3. The van der Waals surface area contributed by atoms with Crippen molar-refractivity contribution in [3.05, 3.63) is 11.7 Å². The average molecular weight is 291 g/mol. The SMILES string of the molecule is CCCc1noc([C@@H](C)N2CCC[C@@H](C(F)(F)F)C2)n1. The number of likely N-dealkylation sites (tertiary alicyclic amines) is 1. The van der Waals surface area contributed by atoms with Crippen molar-refractivity contribution in [2.24, 2.45) is 5.92 Å². The summed E-state index contributed by atoms with van der Waals surface area (Å²) in [5.41, 5.74) is 0. The van der Waals surface area contributed by atoms with Crippen LogP contribution in [0.2, 0.25) is 0 Å². The molecule has 2 atom stereocenters. The molecule has 0 unspecified atom stereocenters. The second-order valence-electron chi connectivity index (χ2n) is 5.35. The lowest BCUT2D eigenvalue weighted by molar-refractivity contribution is -0.188. The lowest BCUT2D eigenvalue weighted by Gasteiger charge is -2.36. The molecule has 1 saturated heterocycles. The lowest BCUT2D eigenvalue weighted by Crippen LogP contribution is -2.42. The highest BCUT2D eigenvalue weighted by Gasteiger charge is 2.43. The summed E-state index contributed by atoms with van der Waals surface area (Å²) in [5.74, 6) is -0.216. The van der Waals surface area contributed by atoms with Crippen molar-refractivity contribution in [1.29, 1.82) is 0 Å². The van der Waals surface area contributed by atoms with Crippen molar-refractivity contribution in [1.82, 2.24) is 15.0 Å². The van der Waals surface area contributed by atoms with Crippen molar-refractivity contribution in [3.63, 3.8) is 0 Å². The van der Waals surface area contributed by atoms with E-state index in [-0.39, 0.29) is 19.0 Å². The number of piperidine rings is 1. The van der Waals surface area contributed by atoms with E-state index in [4.69, 9.17) is 4.52 Å². The zero-order valence-corrected chi connectivity index (χ0v) is 11.8. The van der Waals surface area contributed by atoms with Gasteiger partial charge in [-0.1, -0.05) is 12.1 Å². The molecule has 2 rings (SSSR count). The van der Waals surface area contributed by atoms with Crippen molar-refractivity contribution in [3.8, 4) is 0 Å². The summed E-state index contributed by atoms with van der Waals surface area (Å²) in [6.45, 7) is 4.48. The smallest absolute Gasteiger partial charge is 0.338 e. The summed E-state index contributed by atoms with van der Waals surface area (Å²) >= 11 is 0. The van der Waals surface area contributed by atoms with Crippen LogP contribution in [0.4, 0.5) is 13.2 Å². The molecule has 1 aromatic rings. The minimum atomic E-state index is -4.12. The molecule has 2 heterocycles. The maximum absolute atomic E-state index is 12.8. The van der Waals surface area contributed by atoms with Crippen LogP contribution >= 0.6 is 0 Å². The lowest BCUT2D eigenvalue weighted by atomic mass is 9.96. The molecule has 1 aliphatic heterocycles. The van der Waals surface area contributed by atoms with Crippen LogP contribution in [0.3, 0.4) is 0 Å².